The number of aromatic nitrogens is 3. The zero-order chi connectivity index (χ0) is 20.5. The Kier molecular flexibility index (Phi) is 5.04. The molecule has 0 N–H and O–H groups in total. The van der Waals surface area contributed by atoms with Gasteiger partial charge in [-0.1, -0.05) is 6.07 Å². The maximum Gasteiger partial charge on any atom is 0.415 e. The first-order valence-corrected chi connectivity index (χ1v) is 9.69. The highest BCUT2D eigenvalue weighted by molar-refractivity contribution is 5.93. The van der Waals surface area contributed by atoms with E-state index < -0.39 is 6.09 Å². The van der Waals surface area contributed by atoms with Crippen molar-refractivity contribution in [1.29, 1.82) is 0 Å². The van der Waals surface area contributed by atoms with Gasteiger partial charge in [-0.25, -0.2) is 19.7 Å². The van der Waals surface area contributed by atoms with Gasteiger partial charge in [-0.3, -0.25) is 9.69 Å². The smallest absolute Gasteiger partial charge is 0.415 e. The fourth-order valence-electron chi connectivity index (χ4n) is 3.71. The molecule has 152 valence electrons. The summed E-state index contributed by atoms with van der Waals surface area (Å²) in [4.78, 5) is 43.1. The fraction of sp³-hybridized carbons (Fsp3) is 0.450. The van der Waals surface area contributed by atoms with E-state index in [1.807, 2.05) is 20.0 Å². The number of hydrogen-bond donors (Lipinski definition) is 0. The second-order valence-corrected chi connectivity index (χ2v) is 7.49. The number of piperazine rings is 1. The number of ether oxygens (including phenoxy) is 1. The minimum Gasteiger partial charge on any atom is -0.447 e. The molecular weight excluding hydrogens is 372 g/mol. The van der Waals surface area contributed by atoms with Crippen LogP contribution in [0.25, 0.3) is 0 Å². The number of amides is 2. The van der Waals surface area contributed by atoms with Crippen molar-refractivity contribution in [2.45, 2.75) is 26.8 Å². The van der Waals surface area contributed by atoms with Gasteiger partial charge in [0.25, 0.3) is 5.91 Å². The van der Waals surface area contributed by atoms with Gasteiger partial charge < -0.3 is 14.5 Å². The molecule has 29 heavy (non-hydrogen) atoms. The van der Waals surface area contributed by atoms with Crippen LogP contribution >= 0.6 is 0 Å². The van der Waals surface area contributed by atoms with Gasteiger partial charge in [0.05, 0.1) is 18.4 Å². The maximum absolute atomic E-state index is 12.8. The van der Waals surface area contributed by atoms with Crippen molar-refractivity contribution in [3.63, 3.8) is 0 Å². The van der Waals surface area contributed by atoms with Gasteiger partial charge in [-0.05, 0) is 31.9 Å². The van der Waals surface area contributed by atoms with Crippen LogP contribution in [-0.4, -0.2) is 70.7 Å². The molecule has 9 heteroatoms. The molecule has 2 aliphatic rings. The molecular formula is C20H24N6O3. The van der Waals surface area contributed by atoms with E-state index >= 15 is 0 Å². The third-order valence-corrected chi connectivity index (χ3v) is 5.24. The predicted molar refractivity (Wildman–Crippen MR) is 107 cm³/mol. The second-order valence-electron chi connectivity index (χ2n) is 7.49. The zero-order valence-corrected chi connectivity index (χ0v) is 16.8. The van der Waals surface area contributed by atoms with Gasteiger partial charge in [0.15, 0.2) is 5.82 Å². The molecule has 9 nitrogen and oxygen atoms in total. The Morgan fingerprint density at radius 1 is 1.07 bits per heavy atom. The topological polar surface area (TPSA) is 91.8 Å². The third kappa shape index (κ3) is 3.72. The molecule has 2 aromatic heterocycles. The Hall–Kier alpha value is -3.23. The zero-order valence-electron chi connectivity index (χ0n) is 16.8. The number of cyclic esters (lactones) is 1. The van der Waals surface area contributed by atoms with Crippen LogP contribution in [0.5, 0.6) is 0 Å². The summed E-state index contributed by atoms with van der Waals surface area (Å²) in [7, 11) is 0. The van der Waals surface area contributed by atoms with Crippen molar-refractivity contribution in [3.8, 4) is 0 Å². The first-order chi connectivity index (χ1) is 13.9. The number of hydrogen-bond acceptors (Lipinski definition) is 7. The van der Waals surface area contributed by atoms with E-state index in [1.54, 1.807) is 4.90 Å². The number of carbonyl (C=O) groups is 2. The standard InChI is InChI=1S/C20H24N6O3/c1-13-8-14(2)18(23-9-13)24-4-6-25(7-5-24)19(27)16-10-22-17(11-21-16)26-15(3)12-29-20(26)28/h8-11,15H,4-7,12H2,1-3H3/t15-/m1/s1. The normalized spacial score (nSPS) is 19.5. The summed E-state index contributed by atoms with van der Waals surface area (Å²) in [6.45, 7) is 8.88. The third-order valence-electron chi connectivity index (χ3n) is 5.24. The Labute approximate surface area is 169 Å². The molecule has 2 fully saturated rings. The Morgan fingerprint density at radius 3 is 2.41 bits per heavy atom. The van der Waals surface area contributed by atoms with Crippen LogP contribution in [0, 0.1) is 13.8 Å². The molecule has 0 spiro atoms. The minimum absolute atomic E-state index is 0.106. The van der Waals surface area contributed by atoms with E-state index in [0.29, 0.717) is 38.6 Å². The number of anilines is 2. The average molecular weight is 396 g/mol. The quantitative estimate of drug-likeness (QED) is 0.781. The van der Waals surface area contributed by atoms with Crippen molar-refractivity contribution in [2.24, 2.45) is 0 Å². The second kappa shape index (κ2) is 7.65. The summed E-state index contributed by atoms with van der Waals surface area (Å²) in [6.07, 6.45) is 4.30. The molecule has 0 aliphatic carbocycles. The summed E-state index contributed by atoms with van der Waals surface area (Å²) in [5.41, 5.74) is 2.55. The molecule has 2 aromatic rings. The van der Waals surface area contributed by atoms with E-state index in [1.165, 1.54) is 17.3 Å². The monoisotopic (exact) mass is 396 g/mol. The van der Waals surface area contributed by atoms with Crippen molar-refractivity contribution in [3.05, 3.63) is 41.5 Å². The molecule has 2 saturated heterocycles. The van der Waals surface area contributed by atoms with Crippen LogP contribution in [0.2, 0.25) is 0 Å². The van der Waals surface area contributed by atoms with Gasteiger partial charge in [0.2, 0.25) is 0 Å². The number of nitrogens with zero attached hydrogens (tertiary/aromatic N) is 6. The number of rotatable bonds is 3. The van der Waals surface area contributed by atoms with Crippen molar-refractivity contribution < 1.29 is 14.3 Å². The maximum atomic E-state index is 12.8. The van der Waals surface area contributed by atoms with Crippen LogP contribution in [0.3, 0.4) is 0 Å². The SMILES string of the molecule is Cc1cnc(N2CCN(C(=O)c3cnc(N4C(=O)OC[C@H]4C)cn3)CC2)c(C)c1. The van der Waals surface area contributed by atoms with Crippen LogP contribution in [0.1, 0.15) is 28.5 Å². The van der Waals surface area contributed by atoms with Gasteiger partial charge in [0, 0.05) is 32.4 Å². The molecule has 1 atom stereocenters. The molecule has 0 bridgehead atoms. The van der Waals surface area contributed by atoms with Crippen LogP contribution < -0.4 is 9.80 Å². The van der Waals surface area contributed by atoms with E-state index in [0.717, 1.165) is 16.9 Å². The van der Waals surface area contributed by atoms with Gasteiger partial charge >= 0.3 is 6.09 Å². The Morgan fingerprint density at radius 2 is 1.83 bits per heavy atom. The first-order valence-electron chi connectivity index (χ1n) is 9.69. The Balaban J connectivity index is 1.40. The average Bonchev–Trinajstić information content (AvgIpc) is 3.06. The molecule has 0 unspecified atom stereocenters. The fourth-order valence-corrected chi connectivity index (χ4v) is 3.71. The van der Waals surface area contributed by atoms with Crippen molar-refractivity contribution in [2.75, 3.05) is 42.6 Å². The van der Waals surface area contributed by atoms with E-state index in [2.05, 4.69) is 32.8 Å². The summed E-state index contributed by atoms with van der Waals surface area (Å²) >= 11 is 0. The molecule has 2 amide bonds. The van der Waals surface area contributed by atoms with Gasteiger partial charge in [-0.2, -0.15) is 0 Å². The molecule has 0 aromatic carbocycles. The summed E-state index contributed by atoms with van der Waals surface area (Å²) < 4.78 is 5.00. The lowest BCUT2D eigenvalue weighted by Gasteiger charge is -2.35. The number of pyridine rings is 1. The molecule has 4 rings (SSSR count). The molecule has 2 aliphatic heterocycles. The summed E-state index contributed by atoms with van der Waals surface area (Å²) in [5.74, 6) is 1.20. The summed E-state index contributed by atoms with van der Waals surface area (Å²) in [6, 6.07) is 2.01. The lowest BCUT2D eigenvalue weighted by atomic mass is 10.2. The minimum atomic E-state index is -0.443. The lowest BCUT2D eigenvalue weighted by Crippen LogP contribution is -2.49. The van der Waals surface area contributed by atoms with Crippen LogP contribution in [0.15, 0.2) is 24.7 Å². The van der Waals surface area contributed by atoms with Gasteiger partial charge in [-0.15, -0.1) is 0 Å². The Bertz CT molecular complexity index is 924. The van der Waals surface area contributed by atoms with Crippen molar-refractivity contribution in [1.82, 2.24) is 19.9 Å². The molecule has 4 heterocycles. The van der Waals surface area contributed by atoms with Gasteiger partial charge in [0.1, 0.15) is 18.1 Å². The highest BCUT2D eigenvalue weighted by atomic mass is 16.6. The van der Waals surface area contributed by atoms with E-state index in [4.69, 9.17) is 4.74 Å². The number of aryl methyl sites for hydroxylation is 2. The van der Waals surface area contributed by atoms with Crippen LogP contribution in [-0.2, 0) is 4.74 Å². The molecule has 0 saturated carbocycles. The van der Waals surface area contributed by atoms with Crippen molar-refractivity contribution >= 4 is 23.6 Å². The largest absolute Gasteiger partial charge is 0.447 e. The molecule has 0 radical (unpaired) electrons. The number of carbonyl (C=O) groups excluding carboxylic acids is 2. The lowest BCUT2D eigenvalue weighted by molar-refractivity contribution is 0.0740. The highest BCUT2D eigenvalue weighted by Gasteiger charge is 2.32. The van der Waals surface area contributed by atoms with Crippen LogP contribution in [0.4, 0.5) is 16.4 Å². The predicted octanol–water partition coefficient (Wildman–Crippen LogP) is 1.80. The van der Waals surface area contributed by atoms with E-state index in [9.17, 15) is 9.59 Å². The first kappa shape index (κ1) is 19.1. The summed E-state index contributed by atoms with van der Waals surface area (Å²) in [5, 5.41) is 0. The highest BCUT2D eigenvalue weighted by Crippen LogP contribution is 2.21. The van der Waals surface area contributed by atoms with E-state index in [-0.39, 0.29) is 17.6 Å².